The lowest BCUT2D eigenvalue weighted by molar-refractivity contribution is 0.405. The van der Waals surface area contributed by atoms with Gasteiger partial charge < -0.3 is 10.1 Å². The molecule has 1 aromatic heterocycles. The number of hydrogen-bond donors (Lipinski definition) is 1. The van der Waals surface area contributed by atoms with Crippen LogP contribution in [0.25, 0.3) is 10.1 Å². The summed E-state index contributed by atoms with van der Waals surface area (Å²) >= 11 is 5.37. The Kier molecular flexibility index (Phi) is 4.29. The quantitative estimate of drug-likeness (QED) is 0.707. The monoisotopic (exact) mass is 361 g/mol. The summed E-state index contributed by atoms with van der Waals surface area (Å²) in [4.78, 5) is 1.29. The van der Waals surface area contributed by atoms with E-state index >= 15 is 0 Å². The SMILES string of the molecule is CNC(c1cc2ccccc2s1)c1cc(Br)ccc1OC. The van der Waals surface area contributed by atoms with E-state index in [1.165, 1.54) is 15.0 Å². The molecule has 0 aliphatic heterocycles. The van der Waals surface area contributed by atoms with Gasteiger partial charge >= 0.3 is 0 Å². The third kappa shape index (κ3) is 2.84. The van der Waals surface area contributed by atoms with Crippen LogP contribution in [-0.4, -0.2) is 14.2 Å². The van der Waals surface area contributed by atoms with Crippen molar-refractivity contribution in [2.75, 3.05) is 14.2 Å². The van der Waals surface area contributed by atoms with E-state index in [0.717, 1.165) is 15.8 Å². The molecule has 0 saturated carbocycles. The fourth-order valence-electron chi connectivity index (χ4n) is 2.53. The summed E-state index contributed by atoms with van der Waals surface area (Å²) in [5.41, 5.74) is 1.14. The number of benzene rings is 2. The Morgan fingerprint density at radius 2 is 1.95 bits per heavy atom. The van der Waals surface area contributed by atoms with Crippen molar-refractivity contribution < 1.29 is 4.74 Å². The average Bonchev–Trinajstić information content (AvgIpc) is 2.92. The Labute approximate surface area is 136 Å². The summed E-state index contributed by atoms with van der Waals surface area (Å²) in [5.74, 6) is 0.898. The summed E-state index contributed by atoms with van der Waals surface area (Å²) in [6.45, 7) is 0. The Hall–Kier alpha value is -1.36. The average molecular weight is 362 g/mol. The van der Waals surface area contributed by atoms with Crippen molar-refractivity contribution in [2.45, 2.75) is 6.04 Å². The third-order valence-electron chi connectivity index (χ3n) is 3.52. The molecule has 0 radical (unpaired) electrons. The molecule has 3 aromatic rings. The van der Waals surface area contributed by atoms with Crippen LogP contribution in [0.1, 0.15) is 16.5 Å². The van der Waals surface area contributed by atoms with Gasteiger partial charge in [0.1, 0.15) is 5.75 Å². The zero-order chi connectivity index (χ0) is 14.8. The molecule has 0 saturated heterocycles. The van der Waals surface area contributed by atoms with Crippen molar-refractivity contribution in [1.29, 1.82) is 0 Å². The highest BCUT2D eigenvalue weighted by atomic mass is 79.9. The predicted molar refractivity (Wildman–Crippen MR) is 93.4 cm³/mol. The van der Waals surface area contributed by atoms with Gasteiger partial charge in [0.15, 0.2) is 0 Å². The molecule has 0 bridgehead atoms. The van der Waals surface area contributed by atoms with Crippen LogP contribution >= 0.6 is 27.3 Å². The minimum atomic E-state index is 0.120. The van der Waals surface area contributed by atoms with Crippen molar-refractivity contribution in [3.05, 3.63) is 63.4 Å². The van der Waals surface area contributed by atoms with E-state index in [1.807, 2.05) is 30.5 Å². The first-order valence-corrected chi connectivity index (χ1v) is 8.33. The first-order chi connectivity index (χ1) is 10.2. The van der Waals surface area contributed by atoms with Crippen molar-refractivity contribution in [3.8, 4) is 5.75 Å². The maximum Gasteiger partial charge on any atom is 0.124 e. The molecule has 0 amide bonds. The second-order valence-electron chi connectivity index (χ2n) is 4.79. The number of methoxy groups -OCH3 is 1. The van der Waals surface area contributed by atoms with Crippen LogP contribution in [0.5, 0.6) is 5.75 Å². The number of nitrogens with one attached hydrogen (secondary N) is 1. The molecule has 1 N–H and O–H groups in total. The Balaban J connectivity index is 2.11. The highest BCUT2D eigenvalue weighted by Crippen LogP contribution is 2.37. The summed E-state index contributed by atoms with van der Waals surface area (Å²) < 4.78 is 7.88. The molecule has 1 unspecified atom stereocenters. The zero-order valence-corrected chi connectivity index (χ0v) is 14.3. The van der Waals surface area contributed by atoms with Crippen molar-refractivity contribution in [2.24, 2.45) is 0 Å². The molecule has 2 aromatic carbocycles. The molecule has 1 atom stereocenters. The smallest absolute Gasteiger partial charge is 0.124 e. The van der Waals surface area contributed by atoms with E-state index in [2.05, 4.69) is 57.6 Å². The van der Waals surface area contributed by atoms with Gasteiger partial charge in [0, 0.05) is 19.6 Å². The number of ether oxygens (including phenoxy) is 1. The predicted octanol–water partition coefficient (Wildman–Crippen LogP) is 4.98. The Bertz CT molecular complexity index is 735. The standard InChI is InChI=1S/C17H16BrNOS/c1-19-17(13-10-12(18)7-8-14(13)20-2)16-9-11-5-3-4-6-15(11)21-16/h3-10,17,19H,1-2H3. The second kappa shape index (κ2) is 6.18. The van der Waals surface area contributed by atoms with Crippen molar-refractivity contribution in [1.82, 2.24) is 5.32 Å². The first-order valence-electron chi connectivity index (χ1n) is 6.72. The molecule has 1 heterocycles. The molecule has 0 spiro atoms. The lowest BCUT2D eigenvalue weighted by Crippen LogP contribution is -2.17. The fraction of sp³-hybridized carbons (Fsp3) is 0.176. The number of thiophene rings is 1. The molecule has 0 fully saturated rings. The van der Waals surface area contributed by atoms with Crippen LogP contribution in [0.3, 0.4) is 0 Å². The molecule has 4 heteroatoms. The van der Waals surface area contributed by atoms with Crippen LogP contribution in [-0.2, 0) is 0 Å². The van der Waals surface area contributed by atoms with E-state index in [9.17, 15) is 0 Å². The van der Waals surface area contributed by atoms with Crippen molar-refractivity contribution >= 4 is 37.4 Å². The molecule has 21 heavy (non-hydrogen) atoms. The van der Waals surface area contributed by atoms with Gasteiger partial charge in [-0.15, -0.1) is 11.3 Å². The van der Waals surface area contributed by atoms with E-state index in [4.69, 9.17) is 4.74 Å². The molecular formula is C17H16BrNOS. The molecule has 2 nitrogen and oxygen atoms in total. The van der Waals surface area contributed by atoms with Crippen LogP contribution < -0.4 is 10.1 Å². The molecule has 108 valence electrons. The molecule has 0 aliphatic carbocycles. The van der Waals surface area contributed by atoms with Gasteiger partial charge in [-0.25, -0.2) is 0 Å². The van der Waals surface area contributed by atoms with Gasteiger partial charge in [-0.2, -0.15) is 0 Å². The topological polar surface area (TPSA) is 21.3 Å². The number of fused-ring (bicyclic) bond motifs is 1. The minimum Gasteiger partial charge on any atom is -0.496 e. The first kappa shape index (κ1) is 14.6. The van der Waals surface area contributed by atoms with Crippen LogP contribution in [0, 0.1) is 0 Å². The van der Waals surface area contributed by atoms with Crippen LogP contribution in [0.2, 0.25) is 0 Å². The Morgan fingerprint density at radius 3 is 2.67 bits per heavy atom. The lowest BCUT2D eigenvalue weighted by Gasteiger charge is -2.18. The number of halogens is 1. The summed E-state index contributed by atoms with van der Waals surface area (Å²) in [6, 6.07) is 17.0. The van der Waals surface area contributed by atoms with Gasteiger partial charge in [0.2, 0.25) is 0 Å². The largest absolute Gasteiger partial charge is 0.496 e. The fourth-order valence-corrected chi connectivity index (χ4v) is 4.10. The molecule has 0 aliphatic rings. The van der Waals surface area contributed by atoms with Gasteiger partial charge in [-0.1, -0.05) is 34.1 Å². The van der Waals surface area contributed by atoms with Gasteiger partial charge in [-0.3, -0.25) is 0 Å². The van der Waals surface area contributed by atoms with E-state index in [0.29, 0.717) is 0 Å². The normalized spacial score (nSPS) is 12.5. The van der Waals surface area contributed by atoms with Gasteiger partial charge in [-0.05, 0) is 42.8 Å². The maximum atomic E-state index is 5.52. The Morgan fingerprint density at radius 1 is 1.14 bits per heavy atom. The van der Waals surface area contributed by atoms with E-state index in [-0.39, 0.29) is 6.04 Å². The van der Waals surface area contributed by atoms with E-state index in [1.54, 1.807) is 7.11 Å². The summed E-state index contributed by atoms with van der Waals surface area (Å²) in [6.07, 6.45) is 0. The number of hydrogen-bond acceptors (Lipinski definition) is 3. The van der Waals surface area contributed by atoms with Crippen LogP contribution in [0.15, 0.2) is 53.0 Å². The van der Waals surface area contributed by atoms with E-state index < -0.39 is 0 Å². The van der Waals surface area contributed by atoms with Gasteiger partial charge in [0.25, 0.3) is 0 Å². The minimum absolute atomic E-state index is 0.120. The van der Waals surface area contributed by atoms with Crippen LogP contribution in [0.4, 0.5) is 0 Å². The second-order valence-corrected chi connectivity index (χ2v) is 6.83. The molecule has 3 rings (SSSR count). The summed E-state index contributed by atoms with van der Waals surface area (Å²) in [7, 11) is 3.69. The zero-order valence-electron chi connectivity index (χ0n) is 11.9. The number of rotatable bonds is 4. The highest BCUT2D eigenvalue weighted by Gasteiger charge is 2.19. The van der Waals surface area contributed by atoms with Crippen molar-refractivity contribution in [3.63, 3.8) is 0 Å². The highest BCUT2D eigenvalue weighted by molar-refractivity contribution is 9.10. The maximum absolute atomic E-state index is 5.52. The van der Waals surface area contributed by atoms with Gasteiger partial charge in [0.05, 0.1) is 13.2 Å². The lowest BCUT2D eigenvalue weighted by atomic mass is 10.0. The molecular weight excluding hydrogens is 346 g/mol. The summed E-state index contributed by atoms with van der Waals surface area (Å²) in [5, 5.41) is 4.69. The third-order valence-corrected chi connectivity index (χ3v) is 5.19.